The molecule has 0 aliphatic heterocycles. The number of hydrogen-bond donors (Lipinski definition) is 0. The van der Waals surface area contributed by atoms with Crippen molar-refractivity contribution in [3.8, 4) is 11.1 Å². The molecule has 0 saturated heterocycles. The highest BCUT2D eigenvalue weighted by Gasteiger charge is 2.34. The van der Waals surface area contributed by atoms with Gasteiger partial charge in [0.15, 0.2) is 0 Å². The summed E-state index contributed by atoms with van der Waals surface area (Å²) in [5.41, 5.74) is 11.2. The molecule has 146 valence electrons. The smallest absolute Gasteiger partial charge is 0.0105 e. The normalized spacial score (nSPS) is 17.0. The van der Waals surface area contributed by atoms with Crippen LogP contribution in [0.1, 0.15) is 77.8 Å². The van der Waals surface area contributed by atoms with Crippen LogP contribution in [-0.4, -0.2) is 0 Å². The van der Waals surface area contributed by atoms with Gasteiger partial charge in [0.2, 0.25) is 0 Å². The Kier molecular flexibility index (Phi) is 4.65. The summed E-state index contributed by atoms with van der Waals surface area (Å²) in [5.74, 6) is 0.528. The second-order valence-corrected chi connectivity index (χ2v) is 10.6. The van der Waals surface area contributed by atoms with Crippen LogP contribution >= 0.6 is 0 Å². The molecule has 0 radical (unpaired) electrons. The highest BCUT2D eigenvalue weighted by molar-refractivity contribution is 5.78. The summed E-state index contributed by atoms with van der Waals surface area (Å²) in [6.45, 7) is 14.2. The number of hydrogen-bond acceptors (Lipinski definition) is 0. The fourth-order valence-electron chi connectivity index (χ4n) is 5.35. The molecule has 2 aromatic rings. The molecular formula is C28H34. The number of fused-ring (bicyclic) bond motifs is 3. The molecule has 0 aromatic heterocycles. The Balaban J connectivity index is 1.66. The zero-order chi connectivity index (χ0) is 20.1. The maximum Gasteiger partial charge on any atom is 0.0105 e. The second-order valence-electron chi connectivity index (χ2n) is 10.6. The lowest BCUT2D eigenvalue weighted by atomic mass is 9.72. The Bertz CT molecular complexity index is 909. The first-order valence-corrected chi connectivity index (χ1v) is 10.8. The maximum atomic E-state index is 2.51. The molecule has 0 bridgehead atoms. The molecule has 2 aliphatic carbocycles. The van der Waals surface area contributed by atoms with Gasteiger partial charge in [-0.2, -0.15) is 0 Å². The summed E-state index contributed by atoms with van der Waals surface area (Å²) in [6.07, 6.45) is 6.03. The molecule has 0 saturated carbocycles. The van der Waals surface area contributed by atoms with Gasteiger partial charge >= 0.3 is 0 Å². The Labute approximate surface area is 171 Å². The molecule has 0 atom stereocenters. The Morgan fingerprint density at radius 2 is 1.29 bits per heavy atom. The SMILES string of the molecule is CC(C)(C)C1=CCC(CCC2c3ccccc3-c3ccccc32)=C1C(C)(C)C. The van der Waals surface area contributed by atoms with E-state index in [9.17, 15) is 0 Å². The molecule has 0 nitrogen and oxygen atoms in total. The van der Waals surface area contributed by atoms with Gasteiger partial charge in [0.25, 0.3) is 0 Å². The molecule has 0 unspecified atom stereocenters. The van der Waals surface area contributed by atoms with Crippen LogP contribution < -0.4 is 0 Å². The van der Waals surface area contributed by atoms with Gasteiger partial charge in [0.05, 0.1) is 0 Å². The topological polar surface area (TPSA) is 0 Å². The van der Waals surface area contributed by atoms with E-state index in [4.69, 9.17) is 0 Å². The first-order valence-electron chi connectivity index (χ1n) is 10.8. The number of allylic oxidation sites excluding steroid dienone is 4. The van der Waals surface area contributed by atoms with E-state index in [-0.39, 0.29) is 10.8 Å². The van der Waals surface area contributed by atoms with Crippen LogP contribution in [0.2, 0.25) is 0 Å². The minimum absolute atomic E-state index is 0.205. The molecule has 2 aliphatic rings. The third kappa shape index (κ3) is 3.28. The average Bonchev–Trinajstić information content (AvgIpc) is 3.19. The largest absolute Gasteiger partial charge is 0.0764 e. The molecule has 4 rings (SSSR count). The summed E-state index contributed by atoms with van der Waals surface area (Å²) in [6, 6.07) is 18.0. The molecule has 0 heteroatoms. The van der Waals surface area contributed by atoms with E-state index in [1.165, 1.54) is 35.1 Å². The van der Waals surface area contributed by atoms with Crippen LogP contribution in [0, 0.1) is 10.8 Å². The second kappa shape index (κ2) is 6.76. The van der Waals surface area contributed by atoms with Gasteiger partial charge in [-0.05, 0) is 63.5 Å². The quantitative estimate of drug-likeness (QED) is 0.509. The third-order valence-electron chi connectivity index (χ3n) is 6.43. The van der Waals surface area contributed by atoms with E-state index in [1.807, 2.05) is 0 Å². The Morgan fingerprint density at radius 1 is 0.750 bits per heavy atom. The molecule has 0 N–H and O–H groups in total. The van der Waals surface area contributed by atoms with E-state index >= 15 is 0 Å². The lowest BCUT2D eigenvalue weighted by Crippen LogP contribution is -2.19. The van der Waals surface area contributed by atoms with Crippen molar-refractivity contribution < 1.29 is 0 Å². The van der Waals surface area contributed by atoms with Crippen molar-refractivity contribution >= 4 is 0 Å². The standard InChI is InChI=1S/C28H34/c1-27(2,3)25-18-16-19(26(25)28(4,5)6)15-17-24-22-13-9-7-11-20(22)21-12-8-10-14-23(21)24/h7-14,18,24H,15-17H2,1-6H3. The molecule has 0 amide bonds. The van der Waals surface area contributed by atoms with Crippen molar-refractivity contribution in [1.82, 2.24) is 0 Å². The summed E-state index contributed by atoms with van der Waals surface area (Å²) in [5, 5.41) is 0. The molecule has 0 heterocycles. The average molecular weight is 371 g/mol. The molecule has 0 spiro atoms. The van der Waals surface area contributed by atoms with Crippen LogP contribution in [0.15, 0.2) is 71.3 Å². The Morgan fingerprint density at radius 3 is 1.79 bits per heavy atom. The minimum atomic E-state index is 0.205. The van der Waals surface area contributed by atoms with Crippen LogP contribution in [0.5, 0.6) is 0 Å². The third-order valence-corrected chi connectivity index (χ3v) is 6.43. The lowest BCUT2D eigenvalue weighted by molar-refractivity contribution is 0.445. The number of benzene rings is 2. The zero-order valence-electron chi connectivity index (χ0n) is 18.4. The van der Waals surface area contributed by atoms with E-state index in [0.717, 1.165) is 6.42 Å². The van der Waals surface area contributed by atoms with Crippen molar-refractivity contribution in [2.45, 2.75) is 66.7 Å². The zero-order valence-corrected chi connectivity index (χ0v) is 18.4. The van der Waals surface area contributed by atoms with Gasteiger partial charge in [0.1, 0.15) is 0 Å². The van der Waals surface area contributed by atoms with Crippen LogP contribution in [0.4, 0.5) is 0 Å². The fourth-order valence-corrected chi connectivity index (χ4v) is 5.35. The molecular weight excluding hydrogens is 336 g/mol. The van der Waals surface area contributed by atoms with Gasteiger partial charge in [-0.1, -0.05) is 102 Å². The van der Waals surface area contributed by atoms with E-state index in [0.29, 0.717) is 5.92 Å². The van der Waals surface area contributed by atoms with Gasteiger partial charge in [-0.25, -0.2) is 0 Å². The van der Waals surface area contributed by atoms with Gasteiger partial charge in [-0.3, -0.25) is 0 Å². The summed E-state index contributed by atoms with van der Waals surface area (Å²) in [4.78, 5) is 0. The van der Waals surface area contributed by atoms with Gasteiger partial charge in [0, 0.05) is 5.92 Å². The Hall–Kier alpha value is -2.08. The van der Waals surface area contributed by atoms with Crippen molar-refractivity contribution in [2.24, 2.45) is 10.8 Å². The minimum Gasteiger partial charge on any atom is -0.0764 e. The summed E-state index contributed by atoms with van der Waals surface area (Å²) >= 11 is 0. The lowest BCUT2D eigenvalue weighted by Gasteiger charge is -2.32. The highest BCUT2D eigenvalue weighted by atomic mass is 14.4. The van der Waals surface area contributed by atoms with E-state index < -0.39 is 0 Å². The maximum absolute atomic E-state index is 2.51. The molecule has 0 fully saturated rings. The van der Waals surface area contributed by atoms with E-state index in [2.05, 4.69) is 96.1 Å². The molecule has 28 heavy (non-hydrogen) atoms. The van der Waals surface area contributed by atoms with Crippen LogP contribution in [-0.2, 0) is 0 Å². The number of rotatable bonds is 3. The van der Waals surface area contributed by atoms with Crippen molar-refractivity contribution in [3.63, 3.8) is 0 Å². The highest BCUT2D eigenvalue weighted by Crippen LogP contribution is 2.50. The first kappa shape index (κ1) is 19.2. The predicted octanol–water partition coefficient (Wildman–Crippen LogP) is 8.30. The van der Waals surface area contributed by atoms with Crippen molar-refractivity contribution in [1.29, 1.82) is 0 Å². The summed E-state index contributed by atoms with van der Waals surface area (Å²) < 4.78 is 0. The first-order chi connectivity index (χ1) is 13.2. The van der Waals surface area contributed by atoms with Crippen molar-refractivity contribution in [3.05, 3.63) is 82.5 Å². The molecule has 2 aromatic carbocycles. The van der Waals surface area contributed by atoms with Crippen molar-refractivity contribution in [2.75, 3.05) is 0 Å². The van der Waals surface area contributed by atoms with Gasteiger partial charge < -0.3 is 0 Å². The summed E-state index contributed by atoms with van der Waals surface area (Å²) in [7, 11) is 0. The van der Waals surface area contributed by atoms with Crippen LogP contribution in [0.3, 0.4) is 0 Å². The monoisotopic (exact) mass is 370 g/mol. The fraction of sp³-hybridized carbons (Fsp3) is 0.429. The van der Waals surface area contributed by atoms with Gasteiger partial charge in [-0.15, -0.1) is 0 Å². The van der Waals surface area contributed by atoms with Crippen LogP contribution in [0.25, 0.3) is 11.1 Å². The predicted molar refractivity (Wildman–Crippen MR) is 122 cm³/mol. The van der Waals surface area contributed by atoms with E-state index in [1.54, 1.807) is 16.7 Å².